The normalized spacial score (nSPS) is 11.6. The molecule has 0 aliphatic heterocycles. The van der Waals surface area contributed by atoms with Gasteiger partial charge in [0.05, 0.1) is 0 Å². The third kappa shape index (κ3) is 2.75. The first-order chi connectivity index (χ1) is 7.10. The highest BCUT2D eigenvalue weighted by Crippen LogP contribution is 2.23. The maximum Gasteiger partial charge on any atom is 0.163 e. The lowest BCUT2D eigenvalue weighted by atomic mass is 9.97. The Kier molecular flexibility index (Phi) is 4.21. The van der Waals surface area contributed by atoms with Gasteiger partial charge in [-0.3, -0.25) is 4.79 Å². The Labute approximate surface area is 97.1 Å². The molecule has 0 saturated heterocycles. The van der Waals surface area contributed by atoms with Crippen LogP contribution in [0.4, 0.5) is 4.39 Å². The summed E-state index contributed by atoms with van der Waals surface area (Å²) in [6, 6.07) is 4.45. The van der Waals surface area contributed by atoms with Crippen molar-refractivity contribution in [1.82, 2.24) is 0 Å². The third-order valence-corrected chi connectivity index (χ3v) is 2.68. The second-order valence-corrected chi connectivity index (χ2v) is 3.72. The van der Waals surface area contributed by atoms with Gasteiger partial charge in [-0.15, -0.1) is 0 Å². The molecule has 0 amide bonds. The average Bonchev–Trinajstić information content (AvgIpc) is 2.23. The molecule has 0 heterocycles. The topological polar surface area (TPSA) is 17.1 Å². The van der Waals surface area contributed by atoms with Gasteiger partial charge in [-0.2, -0.15) is 0 Å². The number of rotatable bonds is 3. The van der Waals surface area contributed by atoms with Gasteiger partial charge in [-0.1, -0.05) is 28.9 Å². The molecular formula is C12H12BrFO. The zero-order valence-electron chi connectivity index (χ0n) is 8.68. The number of benzene rings is 1. The quantitative estimate of drug-likeness (QED) is 0.763. The van der Waals surface area contributed by atoms with Crippen LogP contribution in [0.1, 0.15) is 24.5 Å². The Morgan fingerprint density at radius 2 is 2.20 bits per heavy atom. The van der Waals surface area contributed by atoms with Crippen molar-refractivity contribution >= 4 is 27.3 Å². The summed E-state index contributed by atoms with van der Waals surface area (Å²) in [5.74, 6) is -0.327. The number of hydrogen-bond donors (Lipinski definition) is 0. The zero-order chi connectivity index (χ0) is 11.4. The van der Waals surface area contributed by atoms with E-state index in [1.807, 2.05) is 6.92 Å². The molecule has 0 spiro atoms. The lowest BCUT2D eigenvalue weighted by Crippen LogP contribution is -2.01. The van der Waals surface area contributed by atoms with E-state index in [4.69, 9.17) is 0 Å². The number of allylic oxidation sites excluding steroid dienone is 1. The van der Waals surface area contributed by atoms with E-state index in [9.17, 15) is 9.18 Å². The van der Waals surface area contributed by atoms with Crippen LogP contribution in [0.5, 0.6) is 0 Å². The van der Waals surface area contributed by atoms with E-state index in [-0.39, 0.29) is 11.6 Å². The Morgan fingerprint density at radius 1 is 1.53 bits per heavy atom. The van der Waals surface area contributed by atoms with Gasteiger partial charge in [-0.05, 0) is 35.2 Å². The number of aryl methyl sites for hydroxylation is 1. The maximum atomic E-state index is 13.1. The summed E-state index contributed by atoms with van der Waals surface area (Å²) in [5, 5.41) is 0. The SMILES string of the molecule is CCC(=O)/C(=C\Br)c1cc(F)ccc1C. The molecule has 0 N–H and O–H groups in total. The summed E-state index contributed by atoms with van der Waals surface area (Å²) in [7, 11) is 0. The Morgan fingerprint density at radius 3 is 2.73 bits per heavy atom. The fourth-order valence-electron chi connectivity index (χ4n) is 1.34. The lowest BCUT2D eigenvalue weighted by molar-refractivity contribution is -0.113. The highest BCUT2D eigenvalue weighted by molar-refractivity contribution is 9.11. The van der Waals surface area contributed by atoms with E-state index in [0.717, 1.165) is 5.56 Å². The van der Waals surface area contributed by atoms with Crippen molar-refractivity contribution < 1.29 is 9.18 Å². The standard InChI is InChI=1S/C12H12BrFO/c1-3-12(15)11(7-13)10-6-9(14)5-4-8(10)2/h4-7H,3H2,1-2H3/b11-7-. The van der Waals surface area contributed by atoms with Crippen molar-refractivity contribution in [1.29, 1.82) is 0 Å². The number of carbonyl (C=O) groups is 1. The Bertz CT molecular complexity index is 410. The van der Waals surface area contributed by atoms with Crippen LogP contribution < -0.4 is 0 Å². The Hall–Kier alpha value is -0.960. The van der Waals surface area contributed by atoms with Gasteiger partial charge in [0.15, 0.2) is 5.78 Å². The molecule has 0 atom stereocenters. The molecule has 80 valence electrons. The van der Waals surface area contributed by atoms with Crippen molar-refractivity contribution in [3.63, 3.8) is 0 Å². The second kappa shape index (κ2) is 5.21. The third-order valence-electron chi connectivity index (χ3n) is 2.22. The predicted molar refractivity (Wildman–Crippen MR) is 63.3 cm³/mol. The van der Waals surface area contributed by atoms with Crippen molar-refractivity contribution in [3.8, 4) is 0 Å². The van der Waals surface area contributed by atoms with E-state index >= 15 is 0 Å². The van der Waals surface area contributed by atoms with Crippen LogP contribution in [0.2, 0.25) is 0 Å². The summed E-state index contributed by atoms with van der Waals surface area (Å²) < 4.78 is 13.1. The molecule has 0 aliphatic rings. The minimum absolute atomic E-state index is 0.000532. The number of ketones is 1. The van der Waals surface area contributed by atoms with Crippen LogP contribution in [0.25, 0.3) is 5.57 Å². The van der Waals surface area contributed by atoms with Crippen LogP contribution in [0.15, 0.2) is 23.2 Å². The molecule has 0 bridgehead atoms. The zero-order valence-corrected chi connectivity index (χ0v) is 10.3. The molecule has 0 saturated carbocycles. The Balaban J connectivity index is 3.24. The molecule has 1 nitrogen and oxygen atoms in total. The molecule has 1 aromatic rings. The highest BCUT2D eigenvalue weighted by Gasteiger charge is 2.12. The van der Waals surface area contributed by atoms with E-state index < -0.39 is 0 Å². The van der Waals surface area contributed by atoms with Crippen LogP contribution >= 0.6 is 15.9 Å². The summed E-state index contributed by atoms with van der Waals surface area (Å²) in [4.78, 5) is 13.1. The predicted octanol–water partition coefficient (Wildman–Crippen LogP) is 3.85. The first-order valence-corrected chi connectivity index (χ1v) is 5.61. The molecule has 1 aromatic carbocycles. The number of Topliss-reactive ketones (excluding diaryl/α,β-unsaturated/α-hetero) is 1. The van der Waals surface area contributed by atoms with Crippen molar-refractivity contribution in [2.24, 2.45) is 0 Å². The van der Waals surface area contributed by atoms with Gasteiger partial charge in [0.25, 0.3) is 0 Å². The molecule has 0 aromatic heterocycles. The molecule has 3 heteroatoms. The van der Waals surface area contributed by atoms with Crippen LogP contribution in [-0.2, 0) is 4.79 Å². The van der Waals surface area contributed by atoms with Crippen molar-refractivity contribution in [2.75, 3.05) is 0 Å². The second-order valence-electron chi connectivity index (χ2n) is 3.26. The molecule has 1 rings (SSSR count). The molecule has 15 heavy (non-hydrogen) atoms. The number of hydrogen-bond acceptors (Lipinski definition) is 1. The van der Waals surface area contributed by atoms with Gasteiger partial charge in [0, 0.05) is 12.0 Å². The lowest BCUT2D eigenvalue weighted by Gasteiger charge is -2.08. The number of halogens is 2. The minimum Gasteiger partial charge on any atom is -0.294 e. The summed E-state index contributed by atoms with van der Waals surface area (Å²) in [6.45, 7) is 3.64. The van der Waals surface area contributed by atoms with Gasteiger partial charge < -0.3 is 0 Å². The van der Waals surface area contributed by atoms with Crippen LogP contribution in [-0.4, -0.2) is 5.78 Å². The van der Waals surface area contributed by atoms with Crippen molar-refractivity contribution in [2.45, 2.75) is 20.3 Å². The molecule has 0 unspecified atom stereocenters. The first-order valence-electron chi connectivity index (χ1n) is 4.70. The smallest absolute Gasteiger partial charge is 0.163 e. The van der Waals surface area contributed by atoms with Crippen LogP contribution in [0, 0.1) is 12.7 Å². The summed E-state index contributed by atoms with van der Waals surface area (Å²) in [6.07, 6.45) is 0.410. The number of carbonyl (C=O) groups excluding carboxylic acids is 1. The van der Waals surface area contributed by atoms with Crippen molar-refractivity contribution in [3.05, 3.63) is 40.1 Å². The fraction of sp³-hybridized carbons (Fsp3) is 0.250. The van der Waals surface area contributed by atoms with Gasteiger partial charge in [-0.25, -0.2) is 4.39 Å². The van der Waals surface area contributed by atoms with E-state index in [1.54, 1.807) is 18.0 Å². The van der Waals surface area contributed by atoms with Crippen LogP contribution in [0.3, 0.4) is 0 Å². The van der Waals surface area contributed by atoms with E-state index in [0.29, 0.717) is 17.6 Å². The van der Waals surface area contributed by atoms with E-state index in [1.165, 1.54) is 12.1 Å². The minimum atomic E-state index is -0.327. The summed E-state index contributed by atoms with van der Waals surface area (Å²) in [5.41, 5.74) is 2.07. The monoisotopic (exact) mass is 270 g/mol. The molecule has 0 radical (unpaired) electrons. The largest absolute Gasteiger partial charge is 0.294 e. The van der Waals surface area contributed by atoms with Gasteiger partial charge in [0.2, 0.25) is 0 Å². The average molecular weight is 271 g/mol. The maximum absolute atomic E-state index is 13.1. The van der Waals surface area contributed by atoms with Gasteiger partial charge in [0.1, 0.15) is 5.82 Å². The molecule has 0 aliphatic carbocycles. The fourth-order valence-corrected chi connectivity index (χ4v) is 1.85. The summed E-state index contributed by atoms with van der Waals surface area (Å²) >= 11 is 3.15. The van der Waals surface area contributed by atoms with Gasteiger partial charge >= 0.3 is 0 Å². The first kappa shape index (κ1) is 12.1. The van der Waals surface area contributed by atoms with E-state index in [2.05, 4.69) is 15.9 Å². The molecule has 0 fully saturated rings. The molecular weight excluding hydrogens is 259 g/mol. The highest BCUT2D eigenvalue weighted by atomic mass is 79.9.